The summed E-state index contributed by atoms with van der Waals surface area (Å²) in [5, 5.41) is 12.1. The van der Waals surface area contributed by atoms with Gasteiger partial charge in [0.2, 0.25) is 11.8 Å². The Morgan fingerprint density at radius 3 is 2.22 bits per heavy atom. The maximum absolute atomic E-state index is 15.1. The number of aryl methyl sites for hydroxylation is 1. The van der Waals surface area contributed by atoms with Crippen LogP contribution in [-0.4, -0.2) is 33.7 Å². The summed E-state index contributed by atoms with van der Waals surface area (Å²) >= 11 is 12.8. The summed E-state index contributed by atoms with van der Waals surface area (Å²) < 4.78 is 13.8. The highest BCUT2D eigenvalue weighted by atomic mass is 35.5. The molecular formula is C39H30Cl2FN3O5. The number of carbonyl (C=O) groups excluding carboxylic acids is 4. The molecule has 2 heterocycles. The van der Waals surface area contributed by atoms with Gasteiger partial charge in [0.25, 0.3) is 11.8 Å². The number of imide groups is 2. The summed E-state index contributed by atoms with van der Waals surface area (Å²) in [5.41, 5.74) is 4.94. The van der Waals surface area contributed by atoms with E-state index in [0.717, 1.165) is 16.1 Å². The third kappa shape index (κ3) is 4.71. The molecular weight excluding hydrogens is 680 g/mol. The Balaban J connectivity index is 1.31. The summed E-state index contributed by atoms with van der Waals surface area (Å²) in [4.78, 5) is 59.4. The molecule has 6 atom stereocenters. The van der Waals surface area contributed by atoms with Crippen LogP contribution in [0.2, 0.25) is 10.0 Å². The van der Waals surface area contributed by atoms with E-state index in [0.29, 0.717) is 32.5 Å². The largest absolute Gasteiger partial charge is 0.508 e. The molecule has 3 fully saturated rings. The van der Waals surface area contributed by atoms with E-state index in [9.17, 15) is 23.9 Å². The second kappa shape index (κ2) is 11.8. The second-order valence-corrected chi connectivity index (χ2v) is 14.3. The average Bonchev–Trinajstić information content (AvgIpc) is 3.48. The molecule has 4 aromatic carbocycles. The van der Waals surface area contributed by atoms with Gasteiger partial charge in [0.05, 0.1) is 34.5 Å². The number of benzene rings is 4. The number of nitrogens with zero attached hydrogens (tertiary/aromatic N) is 2. The number of halogens is 3. The molecule has 2 aliphatic carbocycles. The molecule has 252 valence electrons. The zero-order valence-electron chi connectivity index (χ0n) is 26.6. The molecule has 0 radical (unpaired) electrons. The molecule has 0 aromatic heterocycles. The quantitative estimate of drug-likeness (QED) is 0.166. The van der Waals surface area contributed by atoms with Gasteiger partial charge in [0, 0.05) is 16.0 Å². The topological polar surface area (TPSA) is 107 Å². The van der Waals surface area contributed by atoms with E-state index in [4.69, 9.17) is 23.2 Å². The summed E-state index contributed by atoms with van der Waals surface area (Å²) in [7, 11) is 0. The van der Waals surface area contributed by atoms with Crippen molar-refractivity contribution in [2.45, 2.75) is 31.1 Å². The van der Waals surface area contributed by atoms with Crippen LogP contribution in [-0.2, 0) is 24.6 Å². The molecule has 4 amide bonds. The number of hydrogen-bond acceptors (Lipinski definition) is 6. The number of hydrazine groups is 1. The highest BCUT2D eigenvalue weighted by Gasteiger charge is 2.70. The van der Waals surface area contributed by atoms with Gasteiger partial charge in [0.15, 0.2) is 0 Å². The molecule has 1 saturated carbocycles. The van der Waals surface area contributed by atoms with Gasteiger partial charge in [-0.1, -0.05) is 65.2 Å². The number of hydrogen-bond donors (Lipinski definition) is 2. The van der Waals surface area contributed by atoms with Crippen LogP contribution in [0, 0.1) is 36.4 Å². The van der Waals surface area contributed by atoms with Gasteiger partial charge in [-0.05, 0) is 103 Å². The zero-order valence-corrected chi connectivity index (χ0v) is 28.2. The van der Waals surface area contributed by atoms with Gasteiger partial charge in [-0.15, -0.1) is 0 Å². The number of amides is 4. The predicted molar refractivity (Wildman–Crippen MR) is 186 cm³/mol. The minimum atomic E-state index is -1.50. The molecule has 11 heteroatoms. The molecule has 8 nitrogen and oxygen atoms in total. The first-order chi connectivity index (χ1) is 24.0. The van der Waals surface area contributed by atoms with Crippen LogP contribution >= 0.6 is 23.2 Å². The lowest BCUT2D eigenvalue weighted by Gasteiger charge is -2.50. The molecule has 6 unspecified atom stereocenters. The van der Waals surface area contributed by atoms with Crippen molar-refractivity contribution in [1.29, 1.82) is 0 Å². The number of fused-ring (bicyclic) bond motifs is 4. The van der Waals surface area contributed by atoms with Crippen molar-refractivity contribution in [1.82, 2.24) is 5.01 Å². The van der Waals surface area contributed by atoms with Crippen molar-refractivity contribution in [3.05, 3.63) is 135 Å². The number of aromatic hydroxyl groups is 1. The van der Waals surface area contributed by atoms with Crippen LogP contribution in [0.1, 0.15) is 35.4 Å². The lowest BCUT2D eigenvalue weighted by molar-refractivity contribution is -0.138. The molecule has 2 saturated heterocycles. The van der Waals surface area contributed by atoms with Crippen molar-refractivity contribution in [2.75, 3.05) is 10.3 Å². The summed E-state index contributed by atoms with van der Waals surface area (Å²) in [6.07, 6.45) is 2.33. The Labute approximate surface area is 297 Å². The number of rotatable bonds is 5. The average molecular weight is 711 g/mol. The minimum absolute atomic E-state index is 0.0216. The second-order valence-electron chi connectivity index (χ2n) is 13.4. The smallest absolute Gasteiger partial charge is 0.260 e. The molecule has 4 aromatic rings. The maximum Gasteiger partial charge on any atom is 0.260 e. The Bertz CT molecular complexity index is 2120. The first-order valence-corrected chi connectivity index (χ1v) is 17.1. The standard InChI is InChI=1S/C39H30Cl2FN3O5/c1-20-2-13-26(18-32(20)41)44-35(47)29-17-16-28-30(33(29)37(44)49)19-31-36(48)45(43-25-11-9-24(42)10-12-25)38(50)39(31,22-5-7-23(40)8-6-22)34(28)21-3-14-27(46)15-4-21/h2-16,18,29-31,33-34,43,46H,17,19H2,1H3. The lowest BCUT2D eigenvalue weighted by atomic mass is 9.49. The van der Waals surface area contributed by atoms with Crippen LogP contribution in [0.5, 0.6) is 5.75 Å². The van der Waals surface area contributed by atoms with Crippen molar-refractivity contribution in [3.63, 3.8) is 0 Å². The van der Waals surface area contributed by atoms with E-state index in [-0.39, 0.29) is 30.4 Å². The monoisotopic (exact) mass is 709 g/mol. The summed E-state index contributed by atoms with van der Waals surface area (Å²) in [6, 6.07) is 23.7. The van der Waals surface area contributed by atoms with E-state index in [1.165, 1.54) is 41.3 Å². The number of nitrogens with one attached hydrogen (secondary N) is 1. The Hall–Kier alpha value is -4.99. The van der Waals surface area contributed by atoms with E-state index < -0.39 is 52.6 Å². The van der Waals surface area contributed by atoms with Gasteiger partial charge < -0.3 is 5.11 Å². The van der Waals surface area contributed by atoms with E-state index in [1.807, 2.05) is 13.0 Å². The highest BCUT2D eigenvalue weighted by molar-refractivity contribution is 6.32. The molecule has 0 spiro atoms. The third-order valence-corrected chi connectivity index (χ3v) is 11.6. The predicted octanol–water partition coefficient (Wildman–Crippen LogP) is 7.34. The third-order valence-electron chi connectivity index (χ3n) is 10.9. The summed E-state index contributed by atoms with van der Waals surface area (Å²) in [6.45, 7) is 1.84. The first kappa shape index (κ1) is 32.2. The van der Waals surface area contributed by atoms with Gasteiger partial charge in [-0.25, -0.2) is 9.29 Å². The van der Waals surface area contributed by atoms with Gasteiger partial charge in [-0.3, -0.25) is 24.6 Å². The van der Waals surface area contributed by atoms with Gasteiger partial charge >= 0.3 is 0 Å². The molecule has 4 aliphatic rings. The van der Waals surface area contributed by atoms with Gasteiger partial charge in [-0.2, -0.15) is 5.01 Å². The minimum Gasteiger partial charge on any atom is -0.508 e. The van der Waals surface area contributed by atoms with E-state index in [2.05, 4.69) is 5.43 Å². The fourth-order valence-corrected chi connectivity index (χ4v) is 8.97. The lowest BCUT2D eigenvalue weighted by Crippen LogP contribution is -2.53. The molecule has 2 N–H and O–H groups in total. The van der Waals surface area contributed by atoms with Gasteiger partial charge in [0.1, 0.15) is 11.6 Å². The van der Waals surface area contributed by atoms with Crippen molar-refractivity contribution in [2.24, 2.45) is 23.7 Å². The highest BCUT2D eigenvalue weighted by Crippen LogP contribution is 2.64. The van der Waals surface area contributed by atoms with Crippen LogP contribution in [0.4, 0.5) is 15.8 Å². The van der Waals surface area contributed by atoms with Crippen LogP contribution in [0.15, 0.2) is 103 Å². The normalized spacial score (nSPS) is 27.2. The number of anilines is 2. The molecule has 2 aliphatic heterocycles. The number of phenols is 1. The fourth-order valence-electron chi connectivity index (χ4n) is 8.67. The van der Waals surface area contributed by atoms with Crippen LogP contribution in [0.25, 0.3) is 0 Å². The van der Waals surface area contributed by atoms with Crippen LogP contribution in [0.3, 0.4) is 0 Å². The molecule has 0 bridgehead atoms. The maximum atomic E-state index is 15.1. The Morgan fingerprint density at radius 2 is 1.54 bits per heavy atom. The SMILES string of the molecule is Cc1ccc(N2C(=O)C3CC=C4C(CC5C(=O)N(Nc6ccc(F)cc6)C(=O)C5(c5ccc(Cl)cc5)C4c4ccc(O)cc4)C3C2=O)cc1Cl. The van der Waals surface area contributed by atoms with E-state index >= 15 is 4.79 Å². The van der Waals surface area contributed by atoms with Crippen molar-refractivity contribution < 1.29 is 28.7 Å². The van der Waals surface area contributed by atoms with Crippen molar-refractivity contribution in [3.8, 4) is 5.75 Å². The number of carbonyl (C=O) groups is 4. The number of phenolic OH excluding ortho intramolecular Hbond substituents is 1. The van der Waals surface area contributed by atoms with E-state index in [1.54, 1.807) is 54.6 Å². The number of allylic oxidation sites excluding steroid dienone is 2. The summed E-state index contributed by atoms with van der Waals surface area (Å²) in [5.74, 6) is -5.97. The van der Waals surface area contributed by atoms with Crippen LogP contribution < -0.4 is 10.3 Å². The Kier molecular flexibility index (Phi) is 7.62. The zero-order chi connectivity index (χ0) is 35.1. The Morgan fingerprint density at radius 1 is 0.840 bits per heavy atom. The fraction of sp³-hybridized carbons (Fsp3) is 0.231. The molecule has 8 rings (SSSR count). The first-order valence-electron chi connectivity index (χ1n) is 16.3. The van der Waals surface area contributed by atoms with Crippen molar-refractivity contribution >= 4 is 58.2 Å². The molecule has 50 heavy (non-hydrogen) atoms.